The van der Waals surface area contributed by atoms with Crippen molar-refractivity contribution in [1.82, 2.24) is 4.90 Å². The number of rotatable bonds is 5. The highest BCUT2D eigenvalue weighted by molar-refractivity contribution is 8.00. The molecule has 1 rings (SSSR count). The zero-order valence-corrected chi connectivity index (χ0v) is 11.2. The lowest BCUT2D eigenvalue weighted by molar-refractivity contribution is -0.149. The van der Waals surface area contributed by atoms with Gasteiger partial charge in [-0.3, -0.25) is 4.79 Å². The summed E-state index contributed by atoms with van der Waals surface area (Å²) in [5, 5.41) is 9.00. The van der Waals surface area contributed by atoms with Gasteiger partial charge in [-0.05, 0) is 12.8 Å². The van der Waals surface area contributed by atoms with Crippen LogP contribution in [0.25, 0.3) is 0 Å². The smallest absolute Gasteiger partial charge is 0.327 e. The molecule has 0 aromatic heterocycles. The van der Waals surface area contributed by atoms with Crippen LogP contribution in [0.4, 0.5) is 0 Å². The number of ether oxygens (including phenoxy) is 1. The van der Waals surface area contributed by atoms with Gasteiger partial charge in [-0.1, -0.05) is 6.92 Å². The normalized spacial score (nSPS) is 25.9. The molecule has 6 heteroatoms. The number of hydrogen-bond acceptors (Lipinski definition) is 4. The second kappa shape index (κ2) is 6.26. The minimum atomic E-state index is -0.922. The molecule has 0 aromatic rings. The first kappa shape index (κ1) is 14.3. The molecular formula is C11H19NO4S. The molecule has 5 nitrogen and oxygen atoms in total. The van der Waals surface area contributed by atoms with Crippen LogP contribution in [0.1, 0.15) is 20.3 Å². The Kier molecular flexibility index (Phi) is 5.27. The van der Waals surface area contributed by atoms with Crippen LogP contribution in [0.5, 0.6) is 0 Å². The van der Waals surface area contributed by atoms with Gasteiger partial charge in [0.15, 0.2) is 0 Å². The van der Waals surface area contributed by atoms with Gasteiger partial charge < -0.3 is 14.7 Å². The second-order valence-corrected chi connectivity index (χ2v) is 5.70. The van der Waals surface area contributed by atoms with Crippen molar-refractivity contribution >= 4 is 23.6 Å². The van der Waals surface area contributed by atoms with Gasteiger partial charge in [0.1, 0.15) is 6.04 Å². The van der Waals surface area contributed by atoms with Gasteiger partial charge in [-0.2, -0.15) is 0 Å². The zero-order chi connectivity index (χ0) is 13.0. The number of thioether (sulfide) groups is 1. The molecule has 3 atom stereocenters. The van der Waals surface area contributed by atoms with Crippen LogP contribution in [-0.2, 0) is 14.3 Å². The van der Waals surface area contributed by atoms with E-state index in [-0.39, 0.29) is 17.2 Å². The van der Waals surface area contributed by atoms with Crippen molar-refractivity contribution in [3.05, 3.63) is 0 Å². The van der Waals surface area contributed by atoms with Crippen molar-refractivity contribution < 1.29 is 19.4 Å². The maximum absolute atomic E-state index is 12.0. The molecule has 0 radical (unpaired) electrons. The third kappa shape index (κ3) is 3.61. The van der Waals surface area contributed by atoms with E-state index in [2.05, 4.69) is 0 Å². The topological polar surface area (TPSA) is 66.8 Å². The summed E-state index contributed by atoms with van der Waals surface area (Å²) in [6.45, 7) is 4.30. The number of carbonyl (C=O) groups excluding carboxylic acids is 1. The summed E-state index contributed by atoms with van der Waals surface area (Å²) in [4.78, 5) is 24.6. The Balaban J connectivity index is 2.62. The number of carboxylic acids is 1. The fourth-order valence-electron chi connectivity index (χ4n) is 1.96. The van der Waals surface area contributed by atoms with E-state index in [4.69, 9.17) is 9.84 Å². The van der Waals surface area contributed by atoms with E-state index in [0.29, 0.717) is 18.8 Å². The minimum absolute atomic E-state index is 0.0571. The van der Waals surface area contributed by atoms with Gasteiger partial charge in [-0.15, -0.1) is 11.8 Å². The first-order valence-electron chi connectivity index (χ1n) is 5.61. The number of aliphatic carboxylic acids is 1. The molecule has 0 aromatic carbocycles. The van der Waals surface area contributed by atoms with Crippen molar-refractivity contribution in [2.24, 2.45) is 5.92 Å². The van der Waals surface area contributed by atoms with Gasteiger partial charge >= 0.3 is 5.97 Å². The molecular weight excluding hydrogens is 242 g/mol. The third-order valence-electron chi connectivity index (χ3n) is 2.77. The third-order valence-corrected chi connectivity index (χ3v) is 3.99. The predicted octanol–water partition coefficient (Wildman–Crippen LogP) is 1.03. The highest BCUT2D eigenvalue weighted by atomic mass is 32.2. The van der Waals surface area contributed by atoms with E-state index in [1.807, 2.05) is 13.8 Å². The number of nitrogens with zero attached hydrogens (tertiary/aromatic N) is 1. The van der Waals surface area contributed by atoms with E-state index in [1.165, 1.54) is 16.7 Å². The summed E-state index contributed by atoms with van der Waals surface area (Å²) in [5.74, 6) is -0.435. The number of carbonyl (C=O) groups is 2. The molecule has 1 fully saturated rings. The fraction of sp³-hybridized carbons (Fsp3) is 0.818. The van der Waals surface area contributed by atoms with E-state index in [9.17, 15) is 9.59 Å². The standard InChI is InChI=1S/C11H19NO4S/c1-7(5-16-3)4-10(13)12-8(2)17-6-9(12)11(14)15/h7-9H,4-6H2,1-3H3,(H,14,15). The Morgan fingerprint density at radius 3 is 2.76 bits per heavy atom. The average molecular weight is 261 g/mol. The monoisotopic (exact) mass is 261 g/mol. The Labute approximate surface area is 105 Å². The predicted molar refractivity (Wildman–Crippen MR) is 65.8 cm³/mol. The van der Waals surface area contributed by atoms with Crippen LogP contribution in [0.2, 0.25) is 0 Å². The maximum atomic E-state index is 12.0. The van der Waals surface area contributed by atoms with Gasteiger partial charge in [0, 0.05) is 25.9 Å². The molecule has 0 aliphatic carbocycles. The van der Waals surface area contributed by atoms with E-state index >= 15 is 0 Å². The highest BCUT2D eigenvalue weighted by Crippen LogP contribution is 2.29. The summed E-state index contributed by atoms with van der Waals surface area (Å²) in [6, 6.07) is -0.683. The van der Waals surface area contributed by atoms with Gasteiger partial charge in [0.05, 0.1) is 5.37 Å². The van der Waals surface area contributed by atoms with Crippen LogP contribution in [0, 0.1) is 5.92 Å². The quantitative estimate of drug-likeness (QED) is 0.800. The second-order valence-electron chi connectivity index (χ2n) is 4.35. The lowest BCUT2D eigenvalue weighted by Gasteiger charge is -2.26. The Hall–Kier alpha value is -0.750. The summed E-state index contributed by atoms with van der Waals surface area (Å²) < 4.78 is 4.98. The highest BCUT2D eigenvalue weighted by Gasteiger charge is 2.39. The number of methoxy groups -OCH3 is 1. The van der Waals surface area contributed by atoms with Gasteiger partial charge in [0.25, 0.3) is 0 Å². The zero-order valence-electron chi connectivity index (χ0n) is 10.4. The van der Waals surface area contributed by atoms with E-state index in [1.54, 1.807) is 7.11 Å². The summed E-state index contributed by atoms with van der Waals surface area (Å²) >= 11 is 1.50. The van der Waals surface area contributed by atoms with E-state index in [0.717, 1.165) is 0 Å². The molecule has 17 heavy (non-hydrogen) atoms. The molecule has 1 saturated heterocycles. The van der Waals surface area contributed by atoms with E-state index < -0.39 is 12.0 Å². The summed E-state index contributed by atoms with van der Waals surface area (Å²) in [5.41, 5.74) is 0. The van der Waals surface area contributed by atoms with Crippen LogP contribution in [-0.4, -0.2) is 52.8 Å². The van der Waals surface area contributed by atoms with Crippen LogP contribution in [0.15, 0.2) is 0 Å². The molecule has 0 bridgehead atoms. The van der Waals surface area contributed by atoms with Crippen molar-refractivity contribution in [1.29, 1.82) is 0 Å². The maximum Gasteiger partial charge on any atom is 0.327 e. The molecule has 3 unspecified atom stereocenters. The average Bonchev–Trinajstić information content (AvgIpc) is 2.60. The Morgan fingerprint density at radius 2 is 2.24 bits per heavy atom. The Bertz CT molecular complexity index is 297. The SMILES string of the molecule is COCC(C)CC(=O)N1C(C)SCC1C(=O)O. The molecule has 1 heterocycles. The van der Waals surface area contributed by atoms with Crippen molar-refractivity contribution in [2.45, 2.75) is 31.7 Å². The Morgan fingerprint density at radius 1 is 1.59 bits per heavy atom. The molecule has 0 saturated carbocycles. The van der Waals surface area contributed by atoms with Crippen LogP contribution in [0.3, 0.4) is 0 Å². The first-order valence-corrected chi connectivity index (χ1v) is 6.66. The first-order chi connectivity index (χ1) is 7.97. The van der Waals surface area contributed by atoms with Crippen molar-refractivity contribution in [3.8, 4) is 0 Å². The van der Waals surface area contributed by atoms with Crippen LogP contribution >= 0.6 is 11.8 Å². The number of carboxylic acid groups (broad SMARTS) is 1. The molecule has 1 N–H and O–H groups in total. The molecule has 1 aliphatic heterocycles. The number of hydrogen-bond donors (Lipinski definition) is 1. The molecule has 1 aliphatic rings. The van der Waals surface area contributed by atoms with Gasteiger partial charge in [-0.25, -0.2) is 4.79 Å². The molecule has 98 valence electrons. The van der Waals surface area contributed by atoms with Crippen molar-refractivity contribution in [2.75, 3.05) is 19.5 Å². The lowest BCUT2D eigenvalue weighted by Crippen LogP contribution is -2.45. The van der Waals surface area contributed by atoms with Crippen LogP contribution < -0.4 is 0 Å². The van der Waals surface area contributed by atoms with Crippen molar-refractivity contribution in [3.63, 3.8) is 0 Å². The van der Waals surface area contributed by atoms with Gasteiger partial charge in [0.2, 0.25) is 5.91 Å². The fourth-order valence-corrected chi connectivity index (χ4v) is 3.15. The minimum Gasteiger partial charge on any atom is -0.480 e. The molecule has 1 amide bonds. The summed E-state index contributed by atoms with van der Waals surface area (Å²) in [7, 11) is 1.59. The lowest BCUT2D eigenvalue weighted by atomic mass is 10.1. The number of amides is 1. The largest absolute Gasteiger partial charge is 0.480 e. The summed E-state index contributed by atoms with van der Waals surface area (Å²) in [6.07, 6.45) is 0.336. The molecule has 0 spiro atoms.